The Morgan fingerprint density at radius 2 is 1.95 bits per heavy atom. The Morgan fingerprint density at radius 1 is 1.21 bits per heavy atom. The first kappa shape index (κ1) is 25.9. The van der Waals surface area contributed by atoms with Crippen molar-refractivity contribution in [1.82, 2.24) is 19.4 Å². The molecule has 1 aliphatic rings. The third-order valence-electron chi connectivity index (χ3n) is 6.30. The molecule has 1 aliphatic heterocycles. The molecule has 14 heteroatoms. The number of pyridine rings is 1. The van der Waals surface area contributed by atoms with Crippen molar-refractivity contribution < 1.29 is 31.9 Å². The molecule has 0 aliphatic carbocycles. The highest BCUT2D eigenvalue weighted by Crippen LogP contribution is 2.37. The number of benzene rings is 1. The monoisotopic (exact) mass is 554 g/mol. The first-order valence-electron chi connectivity index (χ1n) is 11.4. The predicted octanol–water partition coefficient (Wildman–Crippen LogP) is 5.97. The summed E-state index contributed by atoms with van der Waals surface area (Å²) in [4.78, 5) is 25.2. The minimum atomic E-state index is -4.76. The molecule has 4 heterocycles. The van der Waals surface area contributed by atoms with Crippen LogP contribution in [-0.4, -0.2) is 49.4 Å². The van der Waals surface area contributed by atoms with Gasteiger partial charge in [0, 0.05) is 30.1 Å². The summed E-state index contributed by atoms with van der Waals surface area (Å²) in [5.74, 6) is -4.43. The summed E-state index contributed by atoms with van der Waals surface area (Å²) >= 11 is 5.84. The van der Waals surface area contributed by atoms with Crippen LogP contribution in [0.15, 0.2) is 30.5 Å². The maximum atomic E-state index is 14.1. The number of aryl methyl sites for hydroxylation is 1. The van der Waals surface area contributed by atoms with Gasteiger partial charge in [-0.15, -0.1) is 0 Å². The predicted molar refractivity (Wildman–Crippen MR) is 130 cm³/mol. The fraction of sp³-hybridized carbons (Fsp3) is 0.333. The third-order valence-corrected chi connectivity index (χ3v) is 6.51. The fourth-order valence-electron chi connectivity index (χ4n) is 4.60. The van der Waals surface area contributed by atoms with E-state index in [2.05, 4.69) is 20.3 Å². The van der Waals surface area contributed by atoms with Gasteiger partial charge in [-0.05, 0) is 37.6 Å². The van der Waals surface area contributed by atoms with Crippen LogP contribution in [0.5, 0.6) is 0 Å². The van der Waals surface area contributed by atoms with Crippen molar-refractivity contribution in [3.05, 3.63) is 58.1 Å². The van der Waals surface area contributed by atoms with E-state index >= 15 is 0 Å². The zero-order chi connectivity index (χ0) is 27.6. The van der Waals surface area contributed by atoms with Crippen LogP contribution in [0.25, 0.3) is 16.6 Å². The second-order valence-corrected chi connectivity index (χ2v) is 9.60. The molecule has 1 fully saturated rings. The number of fused-ring (bicyclic) bond motifs is 3. The van der Waals surface area contributed by atoms with E-state index in [0.717, 1.165) is 10.6 Å². The summed E-state index contributed by atoms with van der Waals surface area (Å²) in [5, 5.41) is 12.9. The highest BCUT2D eigenvalue weighted by molar-refractivity contribution is 6.29. The average Bonchev–Trinajstić information content (AvgIpc) is 3.43. The van der Waals surface area contributed by atoms with E-state index in [1.165, 1.54) is 17.0 Å². The molecule has 2 N–H and O–H groups in total. The van der Waals surface area contributed by atoms with Gasteiger partial charge in [0.15, 0.2) is 11.4 Å². The van der Waals surface area contributed by atoms with Gasteiger partial charge < -0.3 is 15.3 Å². The Balaban J connectivity index is 1.71. The number of carbonyl (C=O) groups is 1. The van der Waals surface area contributed by atoms with Gasteiger partial charge in [-0.1, -0.05) is 17.7 Å². The van der Waals surface area contributed by atoms with Gasteiger partial charge in [0.05, 0.1) is 23.8 Å². The molecule has 38 heavy (non-hydrogen) atoms. The standard InChI is InChI=1S/C24H20ClF5N6O2/c1-11-7-13(12(2)31-15-3-4-17(25)33-19(15)21(37)38)18-14(8-11)20-32-16(24(28,29)30)9-36(20)22(34-18)35-6-5-23(26,27)10-35/h3-4,7-9,12,31H,5-6,10H2,1-2H3,(H,37,38)/t12-/m1/s1. The largest absolute Gasteiger partial charge is 0.476 e. The van der Waals surface area contributed by atoms with E-state index in [1.54, 1.807) is 26.0 Å². The molecular formula is C24H20ClF5N6O2. The lowest BCUT2D eigenvalue weighted by Gasteiger charge is -2.22. The number of imidazole rings is 1. The second kappa shape index (κ2) is 8.93. The Hall–Kier alpha value is -3.74. The number of carboxylic acids is 1. The Labute approximate surface area is 217 Å². The molecule has 0 radical (unpaired) electrons. The summed E-state index contributed by atoms with van der Waals surface area (Å²) in [6.45, 7) is 2.64. The average molecular weight is 555 g/mol. The lowest BCUT2D eigenvalue weighted by molar-refractivity contribution is -0.140. The van der Waals surface area contributed by atoms with Crippen LogP contribution in [0, 0.1) is 6.92 Å². The van der Waals surface area contributed by atoms with Gasteiger partial charge >= 0.3 is 12.1 Å². The first-order valence-corrected chi connectivity index (χ1v) is 11.8. The van der Waals surface area contributed by atoms with Gasteiger partial charge in [0.1, 0.15) is 10.8 Å². The highest BCUT2D eigenvalue weighted by atomic mass is 35.5. The number of hydrogen-bond donors (Lipinski definition) is 2. The molecule has 0 amide bonds. The van der Waals surface area contributed by atoms with Gasteiger partial charge in [0.2, 0.25) is 5.95 Å². The van der Waals surface area contributed by atoms with Crippen molar-refractivity contribution in [2.75, 3.05) is 23.3 Å². The number of aromatic nitrogens is 4. The first-order chi connectivity index (χ1) is 17.7. The maximum Gasteiger partial charge on any atom is 0.434 e. The maximum absolute atomic E-state index is 14.1. The summed E-state index contributed by atoms with van der Waals surface area (Å²) in [6.07, 6.45) is -4.47. The van der Waals surface area contributed by atoms with Gasteiger partial charge in [0.25, 0.3) is 5.92 Å². The number of nitrogens with one attached hydrogen (secondary N) is 1. The summed E-state index contributed by atoms with van der Waals surface area (Å²) in [7, 11) is 0. The van der Waals surface area contributed by atoms with Crippen molar-refractivity contribution in [3.8, 4) is 0 Å². The summed E-state index contributed by atoms with van der Waals surface area (Å²) in [6, 6.07) is 5.59. The Bertz CT molecular complexity index is 1590. The lowest BCUT2D eigenvalue weighted by atomic mass is 10.0. The van der Waals surface area contributed by atoms with Crippen LogP contribution in [0.4, 0.5) is 33.6 Å². The van der Waals surface area contributed by atoms with Crippen LogP contribution < -0.4 is 10.2 Å². The van der Waals surface area contributed by atoms with Crippen molar-refractivity contribution in [2.24, 2.45) is 0 Å². The quantitative estimate of drug-likeness (QED) is 0.232. The molecule has 0 saturated carbocycles. The lowest BCUT2D eigenvalue weighted by Crippen LogP contribution is -2.27. The normalized spacial score (nSPS) is 16.4. The number of aromatic carboxylic acids is 1. The zero-order valence-electron chi connectivity index (χ0n) is 19.9. The van der Waals surface area contributed by atoms with E-state index in [4.69, 9.17) is 11.6 Å². The van der Waals surface area contributed by atoms with Crippen LogP contribution >= 0.6 is 11.6 Å². The second-order valence-electron chi connectivity index (χ2n) is 9.21. The smallest absolute Gasteiger partial charge is 0.434 e. The number of halogens is 6. The number of anilines is 2. The molecule has 5 rings (SSSR count). The van der Waals surface area contributed by atoms with Crippen LogP contribution in [0.1, 0.15) is 46.7 Å². The number of hydrogen-bond acceptors (Lipinski definition) is 6. The molecule has 0 spiro atoms. The fourth-order valence-corrected chi connectivity index (χ4v) is 4.75. The summed E-state index contributed by atoms with van der Waals surface area (Å²) in [5.41, 5.74) is -0.00127. The number of nitrogens with zero attached hydrogens (tertiary/aromatic N) is 5. The topological polar surface area (TPSA) is 95.6 Å². The van der Waals surface area contributed by atoms with E-state index in [9.17, 15) is 31.9 Å². The summed E-state index contributed by atoms with van der Waals surface area (Å²) < 4.78 is 70.1. The van der Waals surface area contributed by atoms with Gasteiger partial charge in [-0.3, -0.25) is 4.40 Å². The molecule has 200 valence electrons. The number of rotatable bonds is 5. The Morgan fingerprint density at radius 3 is 2.58 bits per heavy atom. The molecule has 1 aromatic carbocycles. The van der Waals surface area contributed by atoms with Crippen molar-refractivity contribution >= 4 is 45.8 Å². The van der Waals surface area contributed by atoms with Crippen LogP contribution in [0.2, 0.25) is 5.15 Å². The molecular weight excluding hydrogens is 535 g/mol. The highest BCUT2D eigenvalue weighted by Gasteiger charge is 2.41. The molecule has 0 bridgehead atoms. The van der Waals surface area contributed by atoms with E-state index in [0.29, 0.717) is 11.1 Å². The third kappa shape index (κ3) is 4.66. The van der Waals surface area contributed by atoms with Gasteiger partial charge in [-0.2, -0.15) is 13.2 Å². The van der Waals surface area contributed by atoms with Crippen molar-refractivity contribution in [3.63, 3.8) is 0 Å². The van der Waals surface area contributed by atoms with E-state index < -0.39 is 42.8 Å². The molecule has 3 aromatic heterocycles. The minimum Gasteiger partial charge on any atom is -0.476 e. The van der Waals surface area contributed by atoms with Crippen LogP contribution in [0.3, 0.4) is 0 Å². The number of alkyl halides is 5. The van der Waals surface area contributed by atoms with Crippen molar-refractivity contribution in [2.45, 2.75) is 38.4 Å². The molecule has 0 unspecified atom stereocenters. The van der Waals surface area contributed by atoms with Crippen LogP contribution in [-0.2, 0) is 6.18 Å². The van der Waals surface area contributed by atoms with E-state index in [1.807, 2.05) is 0 Å². The molecule has 4 aromatic rings. The molecule has 1 saturated heterocycles. The Kier molecular flexibility index (Phi) is 6.08. The van der Waals surface area contributed by atoms with Crippen molar-refractivity contribution in [1.29, 1.82) is 0 Å². The molecule has 8 nitrogen and oxygen atoms in total. The van der Waals surface area contributed by atoms with Gasteiger partial charge in [-0.25, -0.2) is 28.5 Å². The number of carboxylic acid groups (broad SMARTS) is 1. The molecule has 1 atom stereocenters. The van der Waals surface area contributed by atoms with E-state index in [-0.39, 0.29) is 45.6 Å². The SMILES string of the molecule is Cc1cc([C@@H](C)Nc2ccc(Cl)nc2C(=O)O)c2nc(N3CCC(F)(F)C3)n3cc(C(F)(F)F)nc3c2c1. The minimum absolute atomic E-state index is 0.0162. The zero-order valence-corrected chi connectivity index (χ0v) is 20.7.